The molecule has 0 saturated carbocycles. The van der Waals surface area contributed by atoms with E-state index in [4.69, 9.17) is 14.6 Å². The van der Waals surface area contributed by atoms with Gasteiger partial charge in [-0.2, -0.15) is 0 Å². The number of ether oxygens (including phenoxy) is 2. The van der Waals surface area contributed by atoms with Crippen LogP contribution in [0.3, 0.4) is 0 Å². The highest BCUT2D eigenvalue weighted by Crippen LogP contribution is 2.35. The maximum atomic E-state index is 9.08. The molecule has 1 aliphatic heterocycles. The Balaban J connectivity index is 2.02. The number of fused-ring (bicyclic) bond motifs is 1. The Morgan fingerprint density at radius 2 is 2.31 bits per heavy atom. The third-order valence-electron chi connectivity index (χ3n) is 2.77. The molecule has 0 fully saturated rings. The molecule has 16 heavy (non-hydrogen) atoms. The molecule has 0 radical (unpaired) electrons. The van der Waals surface area contributed by atoms with Gasteiger partial charge >= 0.3 is 0 Å². The zero-order valence-corrected chi connectivity index (χ0v) is 9.40. The summed E-state index contributed by atoms with van der Waals surface area (Å²) in [7, 11) is 0. The quantitative estimate of drug-likeness (QED) is 0.789. The molecule has 4 nitrogen and oxygen atoms in total. The van der Waals surface area contributed by atoms with Crippen LogP contribution in [-0.2, 0) is 6.54 Å². The van der Waals surface area contributed by atoms with Gasteiger partial charge in [-0.05, 0) is 12.5 Å². The van der Waals surface area contributed by atoms with Crippen LogP contribution in [0, 0.1) is 0 Å². The van der Waals surface area contributed by atoms with Gasteiger partial charge in [0.05, 0.1) is 6.61 Å². The summed E-state index contributed by atoms with van der Waals surface area (Å²) in [5.74, 6) is 1.62. The first-order valence-corrected chi connectivity index (χ1v) is 5.57. The van der Waals surface area contributed by atoms with Crippen molar-refractivity contribution in [3.63, 3.8) is 0 Å². The van der Waals surface area contributed by atoms with E-state index in [1.54, 1.807) is 0 Å². The minimum absolute atomic E-state index is 0.137. The van der Waals surface area contributed by atoms with E-state index in [1.807, 2.05) is 25.1 Å². The molecule has 1 aromatic rings. The predicted octanol–water partition coefficient (Wildman–Crippen LogP) is 1.28. The maximum Gasteiger partial charge on any atom is 0.231 e. The highest BCUT2D eigenvalue weighted by atomic mass is 16.7. The summed E-state index contributed by atoms with van der Waals surface area (Å²) in [5, 5.41) is 12.4. The van der Waals surface area contributed by atoms with Gasteiger partial charge in [-0.3, -0.25) is 0 Å². The zero-order chi connectivity index (χ0) is 11.4. The molecule has 88 valence electrons. The Hall–Kier alpha value is -1.26. The van der Waals surface area contributed by atoms with Crippen LogP contribution in [0.1, 0.15) is 18.9 Å². The van der Waals surface area contributed by atoms with Crippen LogP contribution < -0.4 is 14.8 Å². The van der Waals surface area contributed by atoms with Crippen molar-refractivity contribution < 1.29 is 14.6 Å². The second-order valence-corrected chi connectivity index (χ2v) is 3.82. The van der Waals surface area contributed by atoms with Gasteiger partial charge < -0.3 is 19.9 Å². The summed E-state index contributed by atoms with van der Waals surface area (Å²) in [6, 6.07) is 5.99. The summed E-state index contributed by atoms with van der Waals surface area (Å²) in [4.78, 5) is 0. The first-order chi connectivity index (χ1) is 7.85. The van der Waals surface area contributed by atoms with Gasteiger partial charge in [0.25, 0.3) is 0 Å². The predicted molar refractivity (Wildman–Crippen MR) is 60.6 cm³/mol. The largest absolute Gasteiger partial charge is 0.454 e. The van der Waals surface area contributed by atoms with Gasteiger partial charge in [0.15, 0.2) is 11.5 Å². The highest BCUT2D eigenvalue weighted by molar-refractivity contribution is 5.48. The van der Waals surface area contributed by atoms with Crippen molar-refractivity contribution in [1.82, 2.24) is 5.32 Å². The molecule has 0 saturated heterocycles. The van der Waals surface area contributed by atoms with Crippen molar-refractivity contribution in [3.05, 3.63) is 23.8 Å². The van der Waals surface area contributed by atoms with Gasteiger partial charge in [-0.1, -0.05) is 19.1 Å². The van der Waals surface area contributed by atoms with E-state index in [2.05, 4.69) is 5.32 Å². The van der Waals surface area contributed by atoms with Crippen LogP contribution in [-0.4, -0.2) is 24.5 Å². The number of hydrogen-bond donors (Lipinski definition) is 2. The van der Waals surface area contributed by atoms with E-state index in [-0.39, 0.29) is 12.6 Å². The first kappa shape index (κ1) is 11.2. The number of rotatable bonds is 5. The fourth-order valence-electron chi connectivity index (χ4n) is 1.72. The van der Waals surface area contributed by atoms with Gasteiger partial charge in [-0.15, -0.1) is 0 Å². The summed E-state index contributed by atoms with van der Waals surface area (Å²) < 4.78 is 10.7. The molecule has 0 aromatic heterocycles. The van der Waals surface area contributed by atoms with Gasteiger partial charge in [0.1, 0.15) is 0 Å². The van der Waals surface area contributed by atoms with Crippen LogP contribution in [0.5, 0.6) is 11.5 Å². The molecule has 0 bridgehead atoms. The van der Waals surface area contributed by atoms with Crippen LogP contribution in [0.4, 0.5) is 0 Å². The first-order valence-electron chi connectivity index (χ1n) is 5.57. The monoisotopic (exact) mass is 223 g/mol. The minimum Gasteiger partial charge on any atom is -0.454 e. The molecule has 4 heteroatoms. The minimum atomic E-state index is 0.137. The van der Waals surface area contributed by atoms with E-state index in [1.165, 1.54) is 0 Å². The number of para-hydroxylation sites is 1. The number of nitrogens with one attached hydrogen (secondary N) is 1. The molecule has 0 spiro atoms. The van der Waals surface area contributed by atoms with Gasteiger partial charge in [0.2, 0.25) is 6.79 Å². The average Bonchev–Trinajstić information content (AvgIpc) is 2.79. The fraction of sp³-hybridized carbons (Fsp3) is 0.500. The Kier molecular flexibility index (Phi) is 3.64. The molecule has 1 atom stereocenters. The Morgan fingerprint density at radius 3 is 3.06 bits per heavy atom. The summed E-state index contributed by atoms with van der Waals surface area (Å²) >= 11 is 0. The molecule has 2 N–H and O–H groups in total. The third-order valence-corrected chi connectivity index (χ3v) is 2.77. The summed E-state index contributed by atoms with van der Waals surface area (Å²) in [5.41, 5.74) is 1.07. The van der Waals surface area contributed by atoms with Crippen molar-refractivity contribution in [3.8, 4) is 11.5 Å². The van der Waals surface area contributed by atoms with Crippen molar-refractivity contribution in [2.24, 2.45) is 0 Å². The van der Waals surface area contributed by atoms with Crippen LogP contribution in [0.15, 0.2) is 18.2 Å². The Labute approximate surface area is 95.2 Å². The lowest BCUT2D eigenvalue weighted by atomic mass is 10.1. The lowest BCUT2D eigenvalue weighted by molar-refractivity contribution is 0.173. The van der Waals surface area contributed by atoms with Gasteiger partial charge in [0, 0.05) is 18.2 Å². The summed E-state index contributed by atoms with van der Waals surface area (Å²) in [6.45, 7) is 3.18. The Bertz CT molecular complexity index is 350. The highest BCUT2D eigenvalue weighted by Gasteiger charge is 2.17. The topological polar surface area (TPSA) is 50.7 Å². The molecule has 2 rings (SSSR count). The Morgan fingerprint density at radius 1 is 1.44 bits per heavy atom. The lowest BCUT2D eigenvalue weighted by Gasteiger charge is -2.14. The van der Waals surface area contributed by atoms with E-state index in [0.29, 0.717) is 13.3 Å². The van der Waals surface area contributed by atoms with E-state index in [0.717, 1.165) is 23.5 Å². The fourth-order valence-corrected chi connectivity index (χ4v) is 1.72. The zero-order valence-electron chi connectivity index (χ0n) is 9.40. The van der Waals surface area contributed by atoms with Crippen molar-refractivity contribution in [1.29, 1.82) is 0 Å². The van der Waals surface area contributed by atoms with E-state index in [9.17, 15) is 0 Å². The summed E-state index contributed by atoms with van der Waals surface area (Å²) in [6.07, 6.45) is 0.906. The van der Waals surface area contributed by atoms with Crippen molar-refractivity contribution >= 4 is 0 Å². The molecule has 0 unspecified atom stereocenters. The average molecular weight is 223 g/mol. The molecule has 1 aliphatic rings. The SMILES string of the molecule is CC[C@H](CO)NCc1cccc2c1OCO2. The number of aliphatic hydroxyl groups excluding tert-OH is 1. The van der Waals surface area contributed by atoms with E-state index >= 15 is 0 Å². The third kappa shape index (κ3) is 2.28. The van der Waals surface area contributed by atoms with Crippen LogP contribution >= 0.6 is 0 Å². The molecular formula is C12H17NO3. The lowest BCUT2D eigenvalue weighted by Crippen LogP contribution is -2.31. The second-order valence-electron chi connectivity index (χ2n) is 3.82. The van der Waals surface area contributed by atoms with Crippen LogP contribution in [0.2, 0.25) is 0 Å². The van der Waals surface area contributed by atoms with Crippen molar-refractivity contribution in [2.75, 3.05) is 13.4 Å². The van der Waals surface area contributed by atoms with Gasteiger partial charge in [-0.25, -0.2) is 0 Å². The molecule has 1 aromatic carbocycles. The molecule has 1 heterocycles. The second kappa shape index (κ2) is 5.18. The molecule has 0 aliphatic carbocycles. The van der Waals surface area contributed by atoms with Crippen molar-refractivity contribution in [2.45, 2.75) is 25.9 Å². The van der Waals surface area contributed by atoms with Crippen LogP contribution in [0.25, 0.3) is 0 Å². The smallest absolute Gasteiger partial charge is 0.231 e. The van der Waals surface area contributed by atoms with E-state index < -0.39 is 0 Å². The maximum absolute atomic E-state index is 9.08. The molecule has 0 amide bonds. The number of hydrogen-bond acceptors (Lipinski definition) is 4. The molecular weight excluding hydrogens is 206 g/mol. The normalized spacial score (nSPS) is 15.1. The standard InChI is InChI=1S/C12H17NO3/c1-2-10(7-14)13-6-9-4-3-5-11-12(9)16-8-15-11/h3-5,10,13-14H,2,6-8H2,1H3/t10-/m1/s1. The number of aliphatic hydroxyl groups is 1. The number of benzene rings is 1.